The lowest BCUT2D eigenvalue weighted by Crippen LogP contribution is -2.05. The topological polar surface area (TPSA) is 99.0 Å². The summed E-state index contributed by atoms with van der Waals surface area (Å²) in [5.74, 6) is 0.590. The number of halogens is 1. The Kier molecular flexibility index (Phi) is 3.93. The van der Waals surface area contributed by atoms with Gasteiger partial charge in [0.05, 0.1) is 11.1 Å². The lowest BCUT2D eigenvalue weighted by molar-refractivity contribution is -0.385. The Morgan fingerprint density at radius 3 is 2.80 bits per heavy atom. The number of anilines is 2. The van der Waals surface area contributed by atoms with Crippen molar-refractivity contribution in [3.05, 3.63) is 44.0 Å². The number of hydrogen-bond acceptors (Lipinski definition) is 5. The van der Waals surface area contributed by atoms with Gasteiger partial charge in [0.15, 0.2) is 0 Å². The van der Waals surface area contributed by atoms with E-state index in [2.05, 4.69) is 26.3 Å². The summed E-state index contributed by atoms with van der Waals surface area (Å²) in [4.78, 5) is 10.4. The van der Waals surface area contributed by atoms with Crippen LogP contribution < -0.4 is 11.1 Å². The number of hydrogen-bond donors (Lipinski definition) is 2. The normalized spacial score (nSPS) is 10.6. The van der Waals surface area contributed by atoms with Crippen LogP contribution in [0.1, 0.15) is 11.1 Å². The number of nitrogens with zero attached hydrogens (tertiary/aromatic N) is 3. The van der Waals surface area contributed by atoms with Crippen LogP contribution in [0, 0.1) is 17.0 Å². The molecule has 106 valence electrons. The predicted molar refractivity (Wildman–Crippen MR) is 80.5 cm³/mol. The standard InChI is InChI=1S/C12H14BrN5O2/c1-7-3-10(9(13)4-11(7)18(19)20)15-5-8-6-16-17(2)12(8)14/h3-4,6,15H,5,14H2,1-2H3. The van der Waals surface area contributed by atoms with Crippen LogP contribution in [0.3, 0.4) is 0 Å². The molecule has 0 spiro atoms. The van der Waals surface area contributed by atoms with Gasteiger partial charge in [0.2, 0.25) is 0 Å². The summed E-state index contributed by atoms with van der Waals surface area (Å²) in [7, 11) is 1.77. The van der Waals surface area contributed by atoms with Gasteiger partial charge in [-0.2, -0.15) is 5.10 Å². The van der Waals surface area contributed by atoms with Gasteiger partial charge in [-0.15, -0.1) is 0 Å². The zero-order chi connectivity index (χ0) is 14.9. The maximum absolute atomic E-state index is 10.8. The lowest BCUT2D eigenvalue weighted by Gasteiger charge is -2.09. The van der Waals surface area contributed by atoms with Gasteiger partial charge < -0.3 is 11.1 Å². The molecular formula is C12H14BrN5O2. The van der Waals surface area contributed by atoms with E-state index in [-0.39, 0.29) is 5.69 Å². The van der Waals surface area contributed by atoms with Crippen LogP contribution in [-0.2, 0) is 13.6 Å². The molecule has 1 heterocycles. The average Bonchev–Trinajstić information content (AvgIpc) is 2.70. The minimum atomic E-state index is -0.400. The SMILES string of the molecule is Cc1cc(NCc2cnn(C)c2N)c(Br)cc1[N+](=O)[O-]. The molecule has 0 aliphatic rings. The van der Waals surface area contributed by atoms with Crippen LogP contribution in [-0.4, -0.2) is 14.7 Å². The zero-order valence-corrected chi connectivity index (χ0v) is 12.6. The minimum Gasteiger partial charge on any atom is -0.384 e. The molecular weight excluding hydrogens is 326 g/mol. The van der Waals surface area contributed by atoms with Crippen molar-refractivity contribution in [2.75, 3.05) is 11.1 Å². The van der Waals surface area contributed by atoms with Crippen molar-refractivity contribution in [3.8, 4) is 0 Å². The fraction of sp³-hybridized carbons (Fsp3) is 0.250. The van der Waals surface area contributed by atoms with Gasteiger partial charge in [-0.25, -0.2) is 0 Å². The van der Waals surface area contributed by atoms with Crippen LogP contribution >= 0.6 is 15.9 Å². The number of aromatic nitrogens is 2. The van der Waals surface area contributed by atoms with Crippen molar-refractivity contribution in [2.24, 2.45) is 7.05 Å². The molecule has 20 heavy (non-hydrogen) atoms. The highest BCUT2D eigenvalue weighted by Crippen LogP contribution is 2.31. The van der Waals surface area contributed by atoms with Crippen LogP contribution in [0.2, 0.25) is 0 Å². The number of nitrogens with one attached hydrogen (secondary N) is 1. The molecule has 0 unspecified atom stereocenters. The monoisotopic (exact) mass is 339 g/mol. The molecule has 8 heteroatoms. The number of benzene rings is 1. The number of nitrogens with two attached hydrogens (primary N) is 1. The number of nitro groups is 1. The molecule has 1 aromatic carbocycles. The third kappa shape index (κ3) is 2.74. The third-order valence-electron chi connectivity index (χ3n) is 3.02. The maximum atomic E-state index is 10.8. The van der Waals surface area contributed by atoms with E-state index in [1.165, 1.54) is 6.07 Å². The Morgan fingerprint density at radius 2 is 2.25 bits per heavy atom. The summed E-state index contributed by atoms with van der Waals surface area (Å²) < 4.78 is 2.23. The molecule has 0 saturated heterocycles. The molecule has 2 aromatic rings. The summed E-state index contributed by atoms with van der Waals surface area (Å²) in [6.07, 6.45) is 1.69. The highest BCUT2D eigenvalue weighted by Gasteiger charge is 2.14. The third-order valence-corrected chi connectivity index (χ3v) is 3.67. The lowest BCUT2D eigenvalue weighted by atomic mass is 10.2. The predicted octanol–water partition coefficient (Wildman–Crippen LogP) is 2.59. The summed E-state index contributed by atoms with van der Waals surface area (Å²) in [5, 5.41) is 18.1. The minimum absolute atomic E-state index is 0.0864. The molecule has 0 fully saturated rings. The smallest absolute Gasteiger partial charge is 0.273 e. The molecule has 0 atom stereocenters. The average molecular weight is 340 g/mol. The molecule has 0 aliphatic heterocycles. The summed E-state index contributed by atoms with van der Waals surface area (Å²) in [5.41, 5.74) is 8.19. The molecule has 1 aromatic heterocycles. The Balaban J connectivity index is 2.20. The zero-order valence-electron chi connectivity index (χ0n) is 11.1. The first-order valence-corrected chi connectivity index (χ1v) is 6.64. The van der Waals surface area contributed by atoms with Gasteiger partial charge >= 0.3 is 0 Å². The Hall–Kier alpha value is -2.09. The second-order valence-electron chi connectivity index (χ2n) is 4.41. The van der Waals surface area contributed by atoms with Gasteiger partial charge in [-0.05, 0) is 28.9 Å². The van der Waals surface area contributed by atoms with Crippen molar-refractivity contribution in [1.29, 1.82) is 0 Å². The summed E-state index contributed by atoms with van der Waals surface area (Å²) in [6.45, 7) is 2.20. The van der Waals surface area contributed by atoms with E-state index >= 15 is 0 Å². The van der Waals surface area contributed by atoms with E-state index in [1.807, 2.05) is 0 Å². The second-order valence-corrected chi connectivity index (χ2v) is 5.26. The molecule has 7 nitrogen and oxygen atoms in total. The molecule has 0 aliphatic carbocycles. The number of aryl methyl sites for hydroxylation is 2. The van der Waals surface area contributed by atoms with E-state index in [0.29, 0.717) is 22.4 Å². The fourth-order valence-corrected chi connectivity index (χ4v) is 2.29. The van der Waals surface area contributed by atoms with E-state index in [4.69, 9.17) is 5.73 Å². The largest absolute Gasteiger partial charge is 0.384 e. The Morgan fingerprint density at radius 1 is 1.55 bits per heavy atom. The Labute approximate surface area is 124 Å². The summed E-state index contributed by atoms with van der Waals surface area (Å²) in [6, 6.07) is 3.22. The van der Waals surface area contributed by atoms with Crippen molar-refractivity contribution < 1.29 is 4.92 Å². The van der Waals surface area contributed by atoms with Crippen molar-refractivity contribution in [3.63, 3.8) is 0 Å². The van der Waals surface area contributed by atoms with E-state index < -0.39 is 4.92 Å². The molecule has 2 rings (SSSR count). The molecule has 0 radical (unpaired) electrons. The summed E-state index contributed by atoms with van der Waals surface area (Å²) >= 11 is 3.33. The van der Waals surface area contributed by atoms with Gasteiger partial charge in [0.1, 0.15) is 5.82 Å². The van der Waals surface area contributed by atoms with Crippen molar-refractivity contribution >= 4 is 33.1 Å². The van der Waals surface area contributed by atoms with Gasteiger partial charge in [-0.1, -0.05) is 0 Å². The highest BCUT2D eigenvalue weighted by molar-refractivity contribution is 9.10. The van der Waals surface area contributed by atoms with Gasteiger partial charge in [0, 0.05) is 40.9 Å². The highest BCUT2D eigenvalue weighted by atomic mass is 79.9. The maximum Gasteiger partial charge on any atom is 0.273 e. The van der Waals surface area contributed by atoms with Crippen LogP contribution in [0.25, 0.3) is 0 Å². The van der Waals surface area contributed by atoms with E-state index in [0.717, 1.165) is 11.3 Å². The number of nitrogen functional groups attached to an aromatic ring is 1. The molecule has 0 bridgehead atoms. The van der Waals surface area contributed by atoms with Crippen LogP contribution in [0.15, 0.2) is 22.8 Å². The molecule has 0 saturated carbocycles. The second kappa shape index (κ2) is 5.49. The molecule has 0 amide bonds. The van der Waals surface area contributed by atoms with E-state index in [1.54, 1.807) is 30.9 Å². The van der Waals surface area contributed by atoms with Gasteiger partial charge in [-0.3, -0.25) is 14.8 Å². The van der Waals surface area contributed by atoms with Crippen molar-refractivity contribution in [1.82, 2.24) is 9.78 Å². The van der Waals surface area contributed by atoms with Gasteiger partial charge in [0.25, 0.3) is 5.69 Å². The number of nitro benzene ring substituents is 1. The quantitative estimate of drug-likeness (QED) is 0.658. The van der Waals surface area contributed by atoms with Crippen LogP contribution in [0.5, 0.6) is 0 Å². The van der Waals surface area contributed by atoms with E-state index in [9.17, 15) is 10.1 Å². The molecule has 3 N–H and O–H groups in total. The van der Waals surface area contributed by atoms with Crippen molar-refractivity contribution in [2.45, 2.75) is 13.5 Å². The first-order chi connectivity index (χ1) is 9.40. The number of rotatable bonds is 4. The fourth-order valence-electron chi connectivity index (χ4n) is 1.82. The Bertz CT molecular complexity index is 668. The van der Waals surface area contributed by atoms with Crippen LogP contribution in [0.4, 0.5) is 17.2 Å². The first kappa shape index (κ1) is 14.3. The first-order valence-electron chi connectivity index (χ1n) is 5.85.